The van der Waals surface area contributed by atoms with Crippen LogP contribution < -0.4 is 5.73 Å². The van der Waals surface area contributed by atoms with Crippen molar-refractivity contribution in [2.75, 3.05) is 12.3 Å². The molecule has 6 nitrogen and oxygen atoms in total. The first kappa shape index (κ1) is 18.6. The summed E-state index contributed by atoms with van der Waals surface area (Å²) in [7, 11) is 0. The number of aryl methyl sites for hydroxylation is 1. The van der Waals surface area contributed by atoms with E-state index in [-0.39, 0.29) is 17.7 Å². The molecular weight excluding hydrogens is 418 g/mol. The van der Waals surface area contributed by atoms with Gasteiger partial charge in [0.25, 0.3) is 0 Å². The Morgan fingerprint density at radius 2 is 2.12 bits per heavy atom. The van der Waals surface area contributed by atoms with E-state index in [2.05, 4.69) is 42.7 Å². The lowest BCUT2D eigenvalue weighted by Crippen LogP contribution is -2.06. The first-order valence-electron chi connectivity index (χ1n) is 7.94. The number of hydrogen-bond donors (Lipinski definition) is 2. The Balaban J connectivity index is 2.15. The van der Waals surface area contributed by atoms with Crippen molar-refractivity contribution in [1.82, 2.24) is 19.5 Å². The summed E-state index contributed by atoms with van der Waals surface area (Å²) < 4.78 is 2.95. The number of rotatable bonds is 3. The smallest absolute Gasteiger partial charge is 0.223 e. The second-order valence-electron chi connectivity index (χ2n) is 5.84. The Kier molecular flexibility index (Phi) is 5.47. The molecule has 3 aromatic heterocycles. The van der Waals surface area contributed by atoms with Crippen molar-refractivity contribution in [3.05, 3.63) is 44.4 Å². The summed E-state index contributed by atoms with van der Waals surface area (Å²) >= 11 is 9.89. The molecule has 3 N–H and O–H groups in total. The molecule has 134 valence electrons. The number of pyridine rings is 1. The summed E-state index contributed by atoms with van der Waals surface area (Å²) in [6, 6.07) is 0. The summed E-state index contributed by atoms with van der Waals surface area (Å²) in [6.45, 7) is 4.52. The third kappa shape index (κ3) is 3.54. The number of fused-ring (bicyclic) bond motifs is 1. The quantitative estimate of drug-likeness (QED) is 0.488. The van der Waals surface area contributed by atoms with Crippen LogP contribution in [0, 0.1) is 25.7 Å². The van der Waals surface area contributed by atoms with Gasteiger partial charge in [0.1, 0.15) is 10.8 Å². The average molecular weight is 435 g/mol. The van der Waals surface area contributed by atoms with Gasteiger partial charge >= 0.3 is 0 Å². The van der Waals surface area contributed by atoms with Crippen LogP contribution >= 0.6 is 27.5 Å². The fraction of sp³-hybridized carbons (Fsp3) is 0.278. The normalized spacial score (nSPS) is 10.8. The minimum Gasteiger partial charge on any atom is -0.395 e. The van der Waals surface area contributed by atoms with Gasteiger partial charge in [-0.25, -0.2) is 4.98 Å². The van der Waals surface area contributed by atoms with E-state index in [1.165, 1.54) is 0 Å². The van der Waals surface area contributed by atoms with Crippen LogP contribution in [0.25, 0.3) is 11.0 Å². The van der Waals surface area contributed by atoms with Crippen LogP contribution in [0.5, 0.6) is 0 Å². The van der Waals surface area contributed by atoms with E-state index in [0.717, 1.165) is 21.3 Å². The Morgan fingerprint density at radius 3 is 2.85 bits per heavy atom. The number of nitrogens with two attached hydrogens (primary N) is 1. The highest BCUT2D eigenvalue weighted by molar-refractivity contribution is 9.10. The Bertz CT molecular complexity index is 1050. The standard InChI is InChI=1S/C18H17BrClN5O/c1-10-7-22-13(11(2)15(10)19)9-25-8-12(5-3-4-6-26)14-16(20)23-18(21)24-17(14)25/h7-8,26H,4,6,9H2,1-2H3,(H2,21,23,24). The van der Waals surface area contributed by atoms with Crippen molar-refractivity contribution in [2.45, 2.75) is 26.8 Å². The summed E-state index contributed by atoms with van der Waals surface area (Å²) in [5.41, 5.74) is 10.1. The molecule has 0 saturated carbocycles. The van der Waals surface area contributed by atoms with Crippen LogP contribution in [0.1, 0.15) is 28.8 Å². The minimum atomic E-state index is 0.00330. The van der Waals surface area contributed by atoms with Gasteiger partial charge in [-0.15, -0.1) is 0 Å². The van der Waals surface area contributed by atoms with Gasteiger partial charge in [0.2, 0.25) is 5.95 Å². The predicted molar refractivity (Wildman–Crippen MR) is 106 cm³/mol. The van der Waals surface area contributed by atoms with Gasteiger partial charge in [-0.1, -0.05) is 39.4 Å². The van der Waals surface area contributed by atoms with Crippen molar-refractivity contribution >= 4 is 44.5 Å². The molecule has 0 spiro atoms. The van der Waals surface area contributed by atoms with Crippen LogP contribution in [-0.4, -0.2) is 31.2 Å². The van der Waals surface area contributed by atoms with Gasteiger partial charge in [-0.3, -0.25) is 4.98 Å². The van der Waals surface area contributed by atoms with Gasteiger partial charge in [0, 0.05) is 23.3 Å². The monoisotopic (exact) mass is 433 g/mol. The zero-order chi connectivity index (χ0) is 18.8. The van der Waals surface area contributed by atoms with Crippen LogP contribution in [0.3, 0.4) is 0 Å². The number of aromatic nitrogens is 4. The number of hydrogen-bond acceptors (Lipinski definition) is 5. The van der Waals surface area contributed by atoms with Gasteiger partial charge < -0.3 is 15.4 Å². The lowest BCUT2D eigenvalue weighted by molar-refractivity contribution is 0.305. The molecule has 26 heavy (non-hydrogen) atoms. The number of anilines is 1. The Morgan fingerprint density at radius 1 is 1.35 bits per heavy atom. The molecule has 0 unspecified atom stereocenters. The van der Waals surface area contributed by atoms with Crippen LogP contribution in [-0.2, 0) is 6.54 Å². The fourth-order valence-electron chi connectivity index (χ4n) is 2.66. The molecule has 0 aliphatic rings. The van der Waals surface area contributed by atoms with Crippen molar-refractivity contribution in [1.29, 1.82) is 0 Å². The van der Waals surface area contributed by atoms with Gasteiger partial charge in [0.05, 0.1) is 29.8 Å². The van der Waals surface area contributed by atoms with Gasteiger partial charge in [0.15, 0.2) is 0 Å². The van der Waals surface area contributed by atoms with E-state index in [1.54, 1.807) is 0 Å². The molecule has 3 aromatic rings. The second kappa shape index (κ2) is 7.62. The molecule has 3 rings (SSSR count). The number of nitrogen functional groups attached to an aromatic ring is 1. The number of halogens is 2. The third-order valence-electron chi connectivity index (χ3n) is 3.99. The van der Waals surface area contributed by atoms with Gasteiger partial charge in [-0.05, 0) is 25.0 Å². The van der Waals surface area contributed by atoms with Crippen molar-refractivity contribution < 1.29 is 5.11 Å². The highest BCUT2D eigenvalue weighted by Gasteiger charge is 2.16. The lowest BCUT2D eigenvalue weighted by atomic mass is 10.1. The molecule has 0 bridgehead atoms. The van der Waals surface area contributed by atoms with Crippen LogP contribution in [0.4, 0.5) is 5.95 Å². The molecule has 0 aliphatic carbocycles. The molecule has 0 fully saturated rings. The average Bonchev–Trinajstić information content (AvgIpc) is 2.93. The zero-order valence-corrected chi connectivity index (χ0v) is 16.7. The highest BCUT2D eigenvalue weighted by Crippen LogP contribution is 2.28. The fourth-order valence-corrected chi connectivity index (χ4v) is 3.26. The van der Waals surface area contributed by atoms with E-state index < -0.39 is 0 Å². The van der Waals surface area contributed by atoms with Crippen molar-refractivity contribution in [3.8, 4) is 11.8 Å². The molecule has 0 atom stereocenters. The molecule has 3 heterocycles. The van der Waals surface area contributed by atoms with E-state index in [9.17, 15) is 0 Å². The maximum absolute atomic E-state index is 8.94. The molecule has 8 heteroatoms. The third-order valence-corrected chi connectivity index (χ3v) is 5.49. The van der Waals surface area contributed by atoms with Gasteiger partial charge in [-0.2, -0.15) is 4.98 Å². The Labute approximate surface area is 164 Å². The van der Waals surface area contributed by atoms with E-state index in [4.69, 9.17) is 22.4 Å². The lowest BCUT2D eigenvalue weighted by Gasteiger charge is -2.10. The van der Waals surface area contributed by atoms with E-state index >= 15 is 0 Å². The Hall–Kier alpha value is -2.14. The maximum Gasteiger partial charge on any atom is 0.223 e. The second-order valence-corrected chi connectivity index (χ2v) is 7.00. The predicted octanol–water partition coefficient (Wildman–Crippen LogP) is 3.22. The van der Waals surface area contributed by atoms with Crippen LogP contribution in [0.2, 0.25) is 5.15 Å². The zero-order valence-electron chi connectivity index (χ0n) is 14.3. The molecule has 0 aliphatic heterocycles. The molecule has 0 radical (unpaired) electrons. The van der Waals surface area contributed by atoms with Crippen molar-refractivity contribution in [2.24, 2.45) is 0 Å². The number of aliphatic hydroxyl groups excluding tert-OH is 1. The minimum absolute atomic E-state index is 0.00330. The summed E-state index contributed by atoms with van der Waals surface area (Å²) in [6.07, 6.45) is 4.08. The first-order valence-corrected chi connectivity index (χ1v) is 9.11. The SMILES string of the molecule is Cc1cnc(Cn2cc(C#CCCO)c3c(Cl)nc(N)nc32)c(C)c1Br. The topological polar surface area (TPSA) is 89.8 Å². The van der Waals surface area contributed by atoms with E-state index in [0.29, 0.717) is 29.6 Å². The summed E-state index contributed by atoms with van der Waals surface area (Å²) in [5.74, 6) is 6.04. The highest BCUT2D eigenvalue weighted by atomic mass is 79.9. The van der Waals surface area contributed by atoms with Crippen molar-refractivity contribution in [3.63, 3.8) is 0 Å². The van der Waals surface area contributed by atoms with Crippen LogP contribution in [0.15, 0.2) is 16.9 Å². The largest absolute Gasteiger partial charge is 0.395 e. The summed E-state index contributed by atoms with van der Waals surface area (Å²) in [4.78, 5) is 12.9. The summed E-state index contributed by atoms with van der Waals surface area (Å²) in [5, 5.41) is 9.85. The first-order chi connectivity index (χ1) is 12.4. The molecular formula is C18H17BrClN5O. The number of nitrogens with zero attached hydrogens (tertiary/aromatic N) is 4. The maximum atomic E-state index is 8.94. The molecule has 0 amide bonds. The molecule has 0 saturated heterocycles. The number of aliphatic hydroxyl groups is 1. The molecule has 0 aromatic carbocycles. The van der Waals surface area contributed by atoms with E-state index in [1.807, 2.05) is 30.8 Å².